The molecule has 2 atom stereocenters. The molecule has 3 rings (SSSR count). The average Bonchev–Trinajstić information content (AvgIpc) is 3.77. The average molecular weight is 612 g/mol. The monoisotopic (exact) mass is 611 g/mol. The van der Waals surface area contributed by atoms with Crippen LogP contribution in [0.2, 0.25) is 0 Å². The van der Waals surface area contributed by atoms with Gasteiger partial charge in [-0.25, -0.2) is 8.42 Å². The maximum atomic E-state index is 13.7. The Balaban J connectivity index is 0.00000588. The van der Waals surface area contributed by atoms with E-state index < -0.39 is 40.3 Å². The molecule has 0 unspecified atom stereocenters. The Kier molecular flexibility index (Phi) is 13.3. The van der Waals surface area contributed by atoms with Crippen molar-refractivity contribution in [2.45, 2.75) is 62.4 Å². The molecule has 1 saturated heterocycles. The number of esters is 1. The van der Waals surface area contributed by atoms with Crippen molar-refractivity contribution < 1.29 is 27.5 Å². The van der Waals surface area contributed by atoms with Crippen molar-refractivity contribution in [2.24, 2.45) is 16.9 Å². The van der Waals surface area contributed by atoms with Crippen molar-refractivity contribution in [1.82, 2.24) is 19.8 Å². The van der Waals surface area contributed by atoms with Crippen molar-refractivity contribution in [3.05, 3.63) is 29.8 Å². The number of likely N-dealkylation sites (tertiary alicyclic amines) is 1. The second kappa shape index (κ2) is 16.1. The van der Waals surface area contributed by atoms with Crippen LogP contribution in [0.15, 0.2) is 34.3 Å². The fraction of sp³-hybridized carbons (Fsp3) is 0.577. The highest BCUT2D eigenvalue weighted by molar-refractivity contribution is 7.89. The summed E-state index contributed by atoms with van der Waals surface area (Å²) in [6, 6.07) is 5.64. The van der Waals surface area contributed by atoms with E-state index in [1.54, 1.807) is 13.3 Å². The number of nitrogens with zero attached hydrogens (tertiary/aromatic N) is 4. The molecule has 1 aromatic carbocycles. The van der Waals surface area contributed by atoms with Gasteiger partial charge in [-0.15, -0.1) is 12.4 Å². The van der Waals surface area contributed by atoms with Gasteiger partial charge in [-0.2, -0.15) is 15.1 Å². The number of halogens is 1. The summed E-state index contributed by atoms with van der Waals surface area (Å²) in [6.45, 7) is 3.79. The van der Waals surface area contributed by atoms with Gasteiger partial charge in [0, 0.05) is 32.2 Å². The molecule has 2 fully saturated rings. The molecule has 41 heavy (non-hydrogen) atoms. The van der Waals surface area contributed by atoms with Crippen LogP contribution in [0.5, 0.6) is 0 Å². The van der Waals surface area contributed by atoms with E-state index >= 15 is 0 Å². The Morgan fingerprint density at radius 1 is 1.27 bits per heavy atom. The SMILES string of the molecule is CCOC(=O)CCN(C(=O)[C@H](CC(=O)NC[C@@H]1CCCN(C=NN)C1)NS(=O)(=O)c1ccc(C#N)cc1)C1CC1.Cl. The first kappa shape index (κ1) is 33.8. The quantitative estimate of drug-likeness (QED) is 0.0894. The zero-order valence-corrected chi connectivity index (χ0v) is 24.7. The fourth-order valence-corrected chi connectivity index (χ4v) is 5.82. The first-order valence-corrected chi connectivity index (χ1v) is 14.9. The Hall–Kier alpha value is -3.41. The minimum atomic E-state index is -4.21. The van der Waals surface area contributed by atoms with E-state index in [-0.39, 0.29) is 54.4 Å². The summed E-state index contributed by atoms with van der Waals surface area (Å²) in [7, 11) is -4.21. The lowest BCUT2D eigenvalue weighted by molar-refractivity contribution is -0.144. The minimum absolute atomic E-state index is 0. The molecule has 15 heteroatoms. The molecule has 2 aliphatic rings. The number of nitrogens with one attached hydrogen (secondary N) is 2. The highest BCUT2D eigenvalue weighted by atomic mass is 35.5. The van der Waals surface area contributed by atoms with E-state index in [1.165, 1.54) is 29.2 Å². The van der Waals surface area contributed by atoms with E-state index in [1.807, 2.05) is 11.0 Å². The fourth-order valence-electron chi connectivity index (χ4n) is 4.63. The van der Waals surface area contributed by atoms with Crippen molar-refractivity contribution in [1.29, 1.82) is 5.26 Å². The lowest BCUT2D eigenvalue weighted by Crippen LogP contribution is -2.52. The number of nitriles is 1. The third-order valence-corrected chi connectivity index (χ3v) is 8.27. The summed E-state index contributed by atoms with van der Waals surface area (Å²) in [4.78, 5) is 41.9. The van der Waals surface area contributed by atoms with Gasteiger partial charge in [-0.3, -0.25) is 14.4 Å². The first-order chi connectivity index (χ1) is 19.2. The van der Waals surface area contributed by atoms with Gasteiger partial charge in [0.1, 0.15) is 12.4 Å². The third-order valence-electron chi connectivity index (χ3n) is 6.78. The number of hydrogen-bond donors (Lipinski definition) is 3. The molecule has 1 aliphatic carbocycles. The zero-order valence-electron chi connectivity index (χ0n) is 23.0. The Bertz CT molecular complexity index is 1220. The number of hydrazone groups is 1. The molecule has 4 N–H and O–H groups in total. The summed E-state index contributed by atoms with van der Waals surface area (Å²) in [5, 5.41) is 15.4. The molecule has 1 aliphatic heterocycles. The zero-order chi connectivity index (χ0) is 29.1. The highest BCUT2D eigenvalue weighted by Gasteiger charge is 2.38. The van der Waals surface area contributed by atoms with E-state index in [0.29, 0.717) is 13.1 Å². The molecule has 1 saturated carbocycles. The third kappa shape index (κ3) is 10.5. The van der Waals surface area contributed by atoms with Crippen LogP contribution >= 0.6 is 12.4 Å². The summed E-state index contributed by atoms with van der Waals surface area (Å²) in [5.74, 6) is 3.87. The Labute approximate surface area is 246 Å². The van der Waals surface area contributed by atoms with Gasteiger partial charge in [-0.1, -0.05) is 0 Å². The molecule has 0 bridgehead atoms. The van der Waals surface area contributed by atoms with Crippen LogP contribution in [-0.2, 0) is 29.1 Å². The van der Waals surface area contributed by atoms with Crippen LogP contribution in [-0.4, -0.2) is 87.2 Å². The number of sulfonamides is 1. The molecule has 1 heterocycles. The van der Waals surface area contributed by atoms with Crippen molar-refractivity contribution >= 4 is 46.6 Å². The Morgan fingerprint density at radius 3 is 2.59 bits per heavy atom. The molecule has 0 aromatic heterocycles. The van der Waals surface area contributed by atoms with Gasteiger partial charge >= 0.3 is 5.97 Å². The second-order valence-corrected chi connectivity index (χ2v) is 11.6. The molecule has 0 spiro atoms. The second-order valence-electron chi connectivity index (χ2n) is 9.90. The number of ether oxygens (including phenoxy) is 1. The predicted octanol–water partition coefficient (Wildman–Crippen LogP) is 0.691. The number of rotatable bonds is 14. The van der Waals surface area contributed by atoms with Gasteiger partial charge in [0.15, 0.2) is 0 Å². The highest BCUT2D eigenvalue weighted by Crippen LogP contribution is 2.28. The van der Waals surface area contributed by atoms with Gasteiger partial charge < -0.3 is 25.7 Å². The number of carbonyl (C=O) groups excluding carboxylic acids is 3. The van der Waals surface area contributed by atoms with Crippen molar-refractivity contribution in [3.63, 3.8) is 0 Å². The topological polar surface area (TPSA) is 187 Å². The largest absolute Gasteiger partial charge is 0.466 e. The summed E-state index contributed by atoms with van der Waals surface area (Å²) in [6.07, 6.45) is 4.35. The number of amides is 2. The van der Waals surface area contributed by atoms with Crippen LogP contribution in [0.3, 0.4) is 0 Å². The standard InChI is InChI=1S/C26H37N7O6S.ClH/c1-2-39-25(35)11-13-33(21-7-8-21)26(36)23(31-40(37,38)22-9-5-19(15-27)6-10-22)14-24(34)29-16-20-4-3-12-32(17-20)18-30-28;/h5-6,9-10,18,20-21,23,31H,2-4,7-8,11-14,16-17,28H2,1H3,(H,29,34);1H/t20-,23-;/m0./s1. The number of benzene rings is 1. The van der Waals surface area contributed by atoms with Crippen molar-refractivity contribution in [2.75, 3.05) is 32.8 Å². The smallest absolute Gasteiger partial charge is 0.307 e. The van der Waals surface area contributed by atoms with E-state index in [0.717, 1.165) is 32.2 Å². The molecule has 226 valence electrons. The van der Waals surface area contributed by atoms with Gasteiger partial charge in [-0.05, 0) is 62.8 Å². The normalized spacial score (nSPS) is 17.7. The summed E-state index contributed by atoms with van der Waals surface area (Å²) < 4.78 is 33.8. The number of hydrogen-bond acceptors (Lipinski definition) is 9. The van der Waals surface area contributed by atoms with Gasteiger partial charge in [0.05, 0.1) is 36.0 Å². The number of piperidine rings is 1. The maximum absolute atomic E-state index is 13.7. The van der Waals surface area contributed by atoms with Crippen LogP contribution in [0.4, 0.5) is 0 Å². The molecule has 2 amide bonds. The first-order valence-electron chi connectivity index (χ1n) is 13.4. The van der Waals surface area contributed by atoms with Gasteiger partial charge in [0.25, 0.3) is 0 Å². The lowest BCUT2D eigenvalue weighted by Gasteiger charge is -2.31. The molecule has 1 aromatic rings. The van der Waals surface area contributed by atoms with E-state index in [4.69, 9.17) is 15.8 Å². The van der Waals surface area contributed by atoms with Crippen molar-refractivity contribution in [3.8, 4) is 6.07 Å². The summed E-state index contributed by atoms with van der Waals surface area (Å²) >= 11 is 0. The number of carbonyl (C=O) groups is 3. The van der Waals surface area contributed by atoms with Crippen LogP contribution < -0.4 is 15.9 Å². The molecule has 0 radical (unpaired) electrons. The summed E-state index contributed by atoms with van der Waals surface area (Å²) in [5.41, 5.74) is 0.281. The lowest BCUT2D eigenvalue weighted by atomic mass is 9.98. The van der Waals surface area contributed by atoms with Gasteiger partial charge in [0.2, 0.25) is 21.8 Å². The minimum Gasteiger partial charge on any atom is -0.466 e. The Morgan fingerprint density at radius 2 is 1.98 bits per heavy atom. The molecular formula is C26H38ClN7O6S. The maximum Gasteiger partial charge on any atom is 0.307 e. The predicted molar refractivity (Wildman–Crippen MR) is 153 cm³/mol. The van der Waals surface area contributed by atoms with E-state index in [9.17, 15) is 22.8 Å². The van der Waals surface area contributed by atoms with Crippen LogP contribution in [0.1, 0.15) is 51.0 Å². The number of nitrogens with two attached hydrogens (primary N) is 1. The van der Waals surface area contributed by atoms with Crippen LogP contribution in [0.25, 0.3) is 0 Å². The van der Waals surface area contributed by atoms with Crippen LogP contribution in [0, 0.1) is 17.2 Å². The molecular weight excluding hydrogens is 574 g/mol. The van der Waals surface area contributed by atoms with E-state index in [2.05, 4.69) is 15.1 Å². The molecule has 13 nitrogen and oxygen atoms in total.